The van der Waals surface area contributed by atoms with Crippen molar-refractivity contribution in [2.45, 2.75) is 38.6 Å². The molecule has 2 aromatic carbocycles. The van der Waals surface area contributed by atoms with Crippen LogP contribution in [0.3, 0.4) is 0 Å². The molecule has 1 aliphatic rings. The van der Waals surface area contributed by atoms with Crippen molar-refractivity contribution >= 4 is 11.6 Å². The SMILES string of the molecule is CCCCC1C(=O)N(Cc2ccccc2)c2ccccc21. The van der Waals surface area contributed by atoms with Crippen molar-refractivity contribution in [2.24, 2.45) is 0 Å². The first-order valence-corrected chi connectivity index (χ1v) is 7.75. The fourth-order valence-electron chi connectivity index (χ4n) is 3.08. The highest BCUT2D eigenvalue weighted by Crippen LogP contribution is 2.40. The summed E-state index contributed by atoms with van der Waals surface area (Å²) in [4.78, 5) is 14.7. The van der Waals surface area contributed by atoms with Gasteiger partial charge in [-0.25, -0.2) is 0 Å². The van der Waals surface area contributed by atoms with Gasteiger partial charge in [0, 0.05) is 5.69 Å². The van der Waals surface area contributed by atoms with Crippen LogP contribution in [0, 0.1) is 0 Å². The molecule has 3 rings (SSSR count). The average Bonchev–Trinajstić information content (AvgIpc) is 2.79. The second-order valence-corrected chi connectivity index (χ2v) is 5.66. The summed E-state index contributed by atoms with van der Waals surface area (Å²) in [5.74, 6) is 0.304. The van der Waals surface area contributed by atoms with E-state index in [1.807, 2.05) is 35.2 Å². The van der Waals surface area contributed by atoms with Gasteiger partial charge in [-0.2, -0.15) is 0 Å². The van der Waals surface area contributed by atoms with Gasteiger partial charge in [0.15, 0.2) is 0 Å². The molecule has 2 nitrogen and oxygen atoms in total. The Labute approximate surface area is 126 Å². The van der Waals surface area contributed by atoms with E-state index in [4.69, 9.17) is 0 Å². The van der Waals surface area contributed by atoms with Crippen molar-refractivity contribution in [3.8, 4) is 0 Å². The predicted octanol–water partition coefficient (Wildman–Crippen LogP) is 4.51. The van der Waals surface area contributed by atoms with E-state index in [9.17, 15) is 4.79 Å². The Morgan fingerprint density at radius 3 is 2.48 bits per heavy atom. The van der Waals surface area contributed by atoms with Crippen molar-refractivity contribution in [1.82, 2.24) is 0 Å². The standard InChI is InChI=1S/C19H21NO/c1-2-3-11-17-16-12-7-8-13-18(16)20(19(17)21)14-15-9-5-4-6-10-15/h4-10,12-13,17H,2-3,11,14H2,1H3. The van der Waals surface area contributed by atoms with E-state index in [0.717, 1.165) is 24.9 Å². The van der Waals surface area contributed by atoms with Crippen LogP contribution in [0.2, 0.25) is 0 Å². The number of benzene rings is 2. The maximum atomic E-state index is 12.8. The Morgan fingerprint density at radius 1 is 1.00 bits per heavy atom. The molecule has 1 unspecified atom stereocenters. The molecule has 0 fully saturated rings. The average molecular weight is 279 g/mol. The highest BCUT2D eigenvalue weighted by molar-refractivity contribution is 6.04. The molecule has 2 aromatic rings. The molecule has 0 saturated carbocycles. The normalized spacial score (nSPS) is 17.1. The van der Waals surface area contributed by atoms with E-state index in [1.165, 1.54) is 11.1 Å². The molecule has 1 atom stereocenters. The summed E-state index contributed by atoms with van der Waals surface area (Å²) in [6.45, 7) is 2.84. The van der Waals surface area contributed by atoms with Crippen LogP contribution in [-0.4, -0.2) is 5.91 Å². The van der Waals surface area contributed by atoms with Crippen LogP contribution in [0.4, 0.5) is 5.69 Å². The number of para-hydroxylation sites is 1. The van der Waals surface area contributed by atoms with Gasteiger partial charge >= 0.3 is 0 Å². The van der Waals surface area contributed by atoms with Crippen LogP contribution in [0.5, 0.6) is 0 Å². The molecule has 0 N–H and O–H groups in total. The van der Waals surface area contributed by atoms with Crippen molar-refractivity contribution in [2.75, 3.05) is 4.90 Å². The minimum absolute atomic E-state index is 0.0462. The molecule has 0 aliphatic carbocycles. The van der Waals surface area contributed by atoms with Gasteiger partial charge in [-0.15, -0.1) is 0 Å². The van der Waals surface area contributed by atoms with Gasteiger partial charge in [0.25, 0.3) is 0 Å². The van der Waals surface area contributed by atoms with Crippen LogP contribution < -0.4 is 4.90 Å². The van der Waals surface area contributed by atoms with E-state index < -0.39 is 0 Å². The largest absolute Gasteiger partial charge is 0.307 e. The second kappa shape index (κ2) is 6.13. The zero-order valence-electron chi connectivity index (χ0n) is 12.5. The summed E-state index contributed by atoms with van der Waals surface area (Å²) < 4.78 is 0. The molecule has 0 spiro atoms. The second-order valence-electron chi connectivity index (χ2n) is 5.66. The first kappa shape index (κ1) is 13.9. The molecular formula is C19H21NO. The Kier molecular flexibility index (Phi) is 4.05. The maximum absolute atomic E-state index is 12.8. The van der Waals surface area contributed by atoms with E-state index in [0.29, 0.717) is 6.54 Å². The number of nitrogens with zero attached hydrogens (tertiary/aromatic N) is 1. The highest BCUT2D eigenvalue weighted by atomic mass is 16.2. The van der Waals surface area contributed by atoms with Gasteiger partial charge in [-0.3, -0.25) is 4.79 Å². The van der Waals surface area contributed by atoms with E-state index in [-0.39, 0.29) is 11.8 Å². The number of anilines is 1. The lowest BCUT2D eigenvalue weighted by Crippen LogP contribution is -2.28. The van der Waals surface area contributed by atoms with Crippen molar-refractivity contribution < 1.29 is 4.79 Å². The molecule has 108 valence electrons. The summed E-state index contributed by atoms with van der Waals surface area (Å²) in [7, 11) is 0. The van der Waals surface area contributed by atoms with Crippen molar-refractivity contribution in [3.05, 3.63) is 65.7 Å². The molecule has 0 aromatic heterocycles. The van der Waals surface area contributed by atoms with Gasteiger partial charge in [-0.1, -0.05) is 68.3 Å². The minimum atomic E-state index is 0.0462. The lowest BCUT2D eigenvalue weighted by molar-refractivity contribution is -0.119. The molecule has 1 aliphatic heterocycles. The Bertz CT molecular complexity index is 620. The molecule has 21 heavy (non-hydrogen) atoms. The molecule has 0 radical (unpaired) electrons. The lowest BCUT2D eigenvalue weighted by Gasteiger charge is -2.18. The minimum Gasteiger partial charge on any atom is -0.307 e. The molecule has 2 heteroatoms. The first-order chi connectivity index (χ1) is 10.3. The van der Waals surface area contributed by atoms with Gasteiger partial charge in [0.1, 0.15) is 0 Å². The van der Waals surface area contributed by atoms with Crippen LogP contribution in [0.25, 0.3) is 0 Å². The number of carbonyl (C=O) groups is 1. The van der Waals surface area contributed by atoms with E-state index in [2.05, 4.69) is 31.2 Å². The number of unbranched alkanes of at least 4 members (excludes halogenated alkanes) is 1. The number of hydrogen-bond acceptors (Lipinski definition) is 1. The summed E-state index contributed by atoms with van der Waals surface area (Å²) in [6, 6.07) is 18.5. The fourth-order valence-corrected chi connectivity index (χ4v) is 3.08. The first-order valence-electron chi connectivity index (χ1n) is 7.75. The van der Waals surface area contributed by atoms with Crippen molar-refractivity contribution in [3.63, 3.8) is 0 Å². The fraction of sp³-hybridized carbons (Fsp3) is 0.316. The van der Waals surface area contributed by atoms with Crippen LogP contribution in [0.15, 0.2) is 54.6 Å². The van der Waals surface area contributed by atoms with E-state index >= 15 is 0 Å². The summed E-state index contributed by atoms with van der Waals surface area (Å²) in [5.41, 5.74) is 3.47. The summed E-state index contributed by atoms with van der Waals surface area (Å²) in [5, 5.41) is 0. The maximum Gasteiger partial charge on any atom is 0.234 e. The third-order valence-electron chi connectivity index (χ3n) is 4.20. The zero-order valence-corrected chi connectivity index (χ0v) is 12.5. The smallest absolute Gasteiger partial charge is 0.234 e. The number of carbonyl (C=O) groups excluding carboxylic acids is 1. The summed E-state index contributed by atoms with van der Waals surface area (Å²) in [6.07, 6.45) is 3.19. The number of fused-ring (bicyclic) bond motifs is 1. The molecule has 0 bridgehead atoms. The number of amides is 1. The van der Waals surface area contributed by atoms with E-state index in [1.54, 1.807) is 0 Å². The Balaban J connectivity index is 1.89. The van der Waals surface area contributed by atoms with Gasteiger partial charge in [0.2, 0.25) is 5.91 Å². The topological polar surface area (TPSA) is 20.3 Å². The Hall–Kier alpha value is -2.09. The summed E-state index contributed by atoms with van der Waals surface area (Å²) >= 11 is 0. The molecular weight excluding hydrogens is 258 g/mol. The number of hydrogen-bond donors (Lipinski definition) is 0. The molecule has 0 saturated heterocycles. The van der Waals surface area contributed by atoms with Gasteiger partial charge in [0.05, 0.1) is 12.5 Å². The quantitative estimate of drug-likeness (QED) is 0.788. The molecule has 1 amide bonds. The van der Waals surface area contributed by atoms with Crippen LogP contribution >= 0.6 is 0 Å². The van der Waals surface area contributed by atoms with Crippen LogP contribution in [0.1, 0.15) is 43.2 Å². The molecule has 1 heterocycles. The third kappa shape index (κ3) is 2.71. The number of rotatable bonds is 5. The van der Waals surface area contributed by atoms with Gasteiger partial charge < -0.3 is 4.90 Å². The highest BCUT2D eigenvalue weighted by Gasteiger charge is 2.36. The lowest BCUT2D eigenvalue weighted by atomic mass is 9.95. The third-order valence-corrected chi connectivity index (χ3v) is 4.20. The zero-order chi connectivity index (χ0) is 14.7. The Morgan fingerprint density at radius 2 is 1.71 bits per heavy atom. The van der Waals surface area contributed by atoms with Crippen LogP contribution in [-0.2, 0) is 11.3 Å². The predicted molar refractivity (Wildman–Crippen MR) is 86.3 cm³/mol. The van der Waals surface area contributed by atoms with Gasteiger partial charge in [-0.05, 0) is 23.6 Å². The van der Waals surface area contributed by atoms with Crippen molar-refractivity contribution in [1.29, 1.82) is 0 Å². The monoisotopic (exact) mass is 279 g/mol.